The number of anilines is 1. The first-order chi connectivity index (χ1) is 17.4. The number of para-hydroxylation sites is 1. The zero-order valence-corrected chi connectivity index (χ0v) is 21.0. The third kappa shape index (κ3) is 2.68. The summed E-state index contributed by atoms with van der Waals surface area (Å²) >= 11 is 6.46. The zero-order valence-electron chi connectivity index (χ0n) is 20.2. The minimum Gasteiger partial charge on any atom is -0.298 e. The number of amides is 2. The number of Topliss-reactive ketones (excluding diaryl/α,β-unsaturated/α-hetero) is 1. The second-order valence-electron chi connectivity index (χ2n) is 10.2. The normalized spacial score (nSPS) is 28.9. The summed E-state index contributed by atoms with van der Waals surface area (Å²) in [6.45, 7) is 3.91. The van der Waals surface area contributed by atoms with Crippen molar-refractivity contribution in [1.29, 1.82) is 0 Å². The van der Waals surface area contributed by atoms with Gasteiger partial charge in [0.1, 0.15) is 0 Å². The van der Waals surface area contributed by atoms with Crippen molar-refractivity contribution in [2.45, 2.75) is 26.7 Å². The number of imide groups is 1. The maximum absolute atomic E-state index is 14.6. The Balaban J connectivity index is 1.67. The van der Waals surface area contributed by atoms with Gasteiger partial charge in [0.25, 0.3) is 0 Å². The summed E-state index contributed by atoms with van der Waals surface area (Å²) in [4.78, 5) is 44.2. The van der Waals surface area contributed by atoms with Crippen LogP contribution in [0.25, 0.3) is 11.1 Å². The Bertz CT molecular complexity index is 1450. The topological polar surface area (TPSA) is 54.5 Å². The van der Waals surface area contributed by atoms with E-state index in [0.717, 1.165) is 22.3 Å². The van der Waals surface area contributed by atoms with Crippen molar-refractivity contribution < 1.29 is 14.4 Å². The molecule has 2 amide bonds. The van der Waals surface area contributed by atoms with E-state index in [-0.39, 0.29) is 17.6 Å². The predicted octanol–water partition coefficient (Wildman–Crippen LogP) is 6.45. The molecule has 0 unspecified atom stereocenters. The Morgan fingerprint density at radius 3 is 1.86 bits per heavy atom. The molecule has 2 fully saturated rings. The molecule has 36 heavy (non-hydrogen) atoms. The van der Waals surface area contributed by atoms with E-state index in [1.165, 1.54) is 4.90 Å². The average Bonchev–Trinajstić information content (AvgIpc) is 3.35. The van der Waals surface area contributed by atoms with E-state index in [0.29, 0.717) is 23.6 Å². The largest absolute Gasteiger partial charge is 0.298 e. The van der Waals surface area contributed by atoms with E-state index < -0.39 is 22.7 Å². The maximum atomic E-state index is 14.6. The van der Waals surface area contributed by atoms with Gasteiger partial charge in [-0.05, 0) is 47.8 Å². The van der Waals surface area contributed by atoms with Crippen molar-refractivity contribution in [3.05, 3.63) is 101 Å². The second kappa shape index (κ2) is 8.01. The smallest absolute Gasteiger partial charge is 0.239 e. The SMILES string of the molecule is CCC[C@@]12C(=O)[C@@](C)(C(c3ccccc3)=C1c1ccccc1)[C@@H]1C(=O)N(c3ccccc3Cl)C(=O)[C@H]12. The number of rotatable bonds is 5. The summed E-state index contributed by atoms with van der Waals surface area (Å²) < 4.78 is 0. The van der Waals surface area contributed by atoms with E-state index in [1.807, 2.05) is 74.5 Å². The molecule has 4 nitrogen and oxygen atoms in total. The van der Waals surface area contributed by atoms with Crippen molar-refractivity contribution in [3.8, 4) is 0 Å². The highest BCUT2D eigenvalue weighted by atomic mass is 35.5. The highest BCUT2D eigenvalue weighted by molar-refractivity contribution is 6.38. The van der Waals surface area contributed by atoms with Crippen molar-refractivity contribution >= 4 is 46.0 Å². The number of nitrogens with zero attached hydrogens (tertiary/aromatic N) is 1. The van der Waals surface area contributed by atoms with E-state index >= 15 is 0 Å². The van der Waals surface area contributed by atoms with Crippen LogP contribution in [0.1, 0.15) is 37.8 Å². The van der Waals surface area contributed by atoms with E-state index in [1.54, 1.807) is 24.3 Å². The van der Waals surface area contributed by atoms with Gasteiger partial charge < -0.3 is 0 Å². The monoisotopic (exact) mass is 495 g/mol. The van der Waals surface area contributed by atoms with E-state index in [9.17, 15) is 14.4 Å². The number of hydrogen-bond donors (Lipinski definition) is 0. The van der Waals surface area contributed by atoms with Gasteiger partial charge >= 0.3 is 0 Å². The van der Waals surface area contributed by atoms with Crippen LogP contribution in [0, 0.1) is 22.7 Å². The Hall–Kier alpha value is -3.50. The number of hydrogen-bond acceptors (Lipinski definition) is 3. The van der Waals surface area contributed by atoms with Gasteiger partial charge in [-0.15, -0.1) is 0 Å². The first-order valence-electron chi connectivity index (χ1n) is 12.4. The molecule has 2 aliphatic carbocycles. The van der Waals surface area contributed by atoms with Crippen LogP contribution in [0.4, 0.5) is 5.69 Å². The summed E-state index contributed by atoms with van der Waals surface area (Å²) in [6, 6.07) is 26.6. The fourth-order valence-corrected chi connectivity index (χ4v) is 7.45. The maximum Gasteiger partial charge on any atom is 0.239 e. The number of carbonyl (C=O) groups is 3. The molecule has 0 N–H and O–H groups in total. The number of allylic oxidation sites excluding steroid dienone is 2. The summed E-state index contributed by atoms with van der Waals surface area (Å²) in [7, 11) is 0. The predicted molar refractivity (Wildman–Crippen MR) is 141 cm³/mol. The van der Waals surface area contributed by atoms with Crippen LogP contribution in [0.15, 0.2) is 84.9 Å². The van der Waals surface area contributed by atoms with Gasteiger partial charge in [-0.3, -0.25) is 14.4 Å². The molecule has 1 heterocycles. The average molecular weight is 496 g/mol. The van der Waals surface area contributed by atoms with Crippen molar-refractivity contribution in [3.63, 3.8) is 0 Å². The molecule has 1 aliphatic heterocycles. The molecule has 0 aromatic heterocycles. The molecule has 180 valence electrons. The fraction of sp³-hybridized carbons (Fsp3) is 0.258. The minimum atomic E-state index is -1.13. The first kappa shape index (κ1) is 22.9. The lowest BCUT2D eigenvalue weighted by Crippen LogP contribution is -2.41. The van der Waals surface area contributed by atoms with E-state index in [4.69, 9.17) is 11.6 Å². The number of fused-ring (bicyclic) bond motifs is 5. The molecule has 5 heteroatoms. The Morgan fingerprint density at radius 1 is 0.750 bits per heavy atom. The van der Waals surface area contributed by atoms with Crippen LogP contribution in [-0.4, -0.2) is 17.6 Å². The third-order valence-electron chi connectivity index (χ3n) is 8.41. The van der Waals surface area contributed by atoms with Gasteiger partial charge in [-0.1, -0.05) is 97.7 Å². The summed E-state index contributed by atoms with van der Waals surface area (Å²) in [6.07, 6.45) is 1.20. The molecule has 0 radical (unpaired) electrons. The molecule has 1 saturated carbocycles. The zero-order chi connectivity index (χ0) is 25.2. The van der Waals surface area contributed by atoms with Gasteiger partial charge in [-0.25, -0.2) is 4.90 Å². The number of carbonyl (C=O) groups excluding carboxylic acids is 3. The Labute approximate surface area is 215 Å². The molecule has 3 aromatic rings. The van der Waals surface area contributed by atoms with Crippen LogP contribution >= 0.6 is 11.6 Å². The summed E-state index contributed by atoms with van der Waals surface area (Å²) in [5, 5.41) is 0.340. The second-order valence-corrected chi connectivity index (χ2v) is 10.6. The summed E-state index contributed by atoms with van der Waals surface area (Å²) in [5.74, 6) is -2.22. The third-order valence-corrected chi connectivity index (χ3v) is 8.73. The fourth-order valence-electron chi connectivity index (χ4n) is 7.23. The summed E-state index contributed by atoms with van der Waals surface area (Å²) in [5.41, 5.74) is 1.78. The van der Waals surface area contributed by atoms with Crippen LogP contribution in [0.2, 0.25) is 5.02 Å². The lowest BCUT2D eigenvalue weighted by Gasteiger charge is -2.37. The van der Waals surface area contributed by atoms with Gasteiger partial charge in [-0.2, -0.15) is 0 Å². The van der Waals surface area contributed by atoms with E-state index in [2.05, 4.69) is 0 Å². The Kier molecular flexibility index (Phi) is 5.10. The van der Waals surface area contributed by atoms with Crippen LogP contribution in [0.5, 0.6) is 0 Å². The van der Waals surface area contributed by atoms with Crippen LogP contribution in [-0.2, 0) is 14.4 Å². The van der Waals surface area contributed by atoms with Gasteiger partial charge in [0.15, 0.2) is 5.78 Å². The van der Waals surface area contributed by atoms with Crippen LogP contribution in [0.3, 0.4) is 0 Å². The lowest BCUT2D eigenvalue weighted by atomic mass is 9.61. The highest BCUT2D eigenvalue weighted by Gasteiger charge is 2.80. The van der Waals surface area contributed by atoms with Crippen molar-refractivity contribution in [1.82, 2.24) is 0 Å². The molecule has 4 atom stereocenters. The minimum absolute atomic E-state index is 0.00920. The number of halogens is 1. The van der Waals surface area contributed by atoms with Gasteiger partial charge in [0.05, 0.1) is 33.4 Å². The standard InChI is InChI=1S/C31H26ClNO3/c1-3-18-31-24(20-14-8-5-9-15-20)23(19-12-6-4-7-13-19)30(2,29(31)36)25-26(31)28(35)33(27(25)34)22-17-11-10-16-21(22)32/h4-17,25-26H,3,18H2,1-2H3/t25-,26-,30-,31+/m0/s1. The quantitative estimate of drug-likeness (QED) is 0.382. The van der Waals surface area contributed by atoms with Gasteiger partial charge in [0.2, 0.25) is 11.8 Å². The van der Waals surface area contributed by atoms with Crippen molar-refractivity contribution in [2.24, 2.45) is 22.7 Å². The number of benzene rings is 3. The van der Waals surface area contributed by atoms with Crippen molar-refractivity contribution in [2.75, 3.05) is 4.90 Å². The first-order valence-corrected chi connectivity index (χ1v) is 12.8. The molecular weight excluding hydrogens is 470 g/mol. The number of ketones is 1. The van der Waals surface area contributed by atoms with Crippen LogP contribution < -0.4 is 4.90 Å². The molecule has 6 rings (SSSR count). The van der Waals surface area contributed by atoms with Gasteiger partial charge in [0, 0.05) is 0 Å². The molecule has 3 aliphatic rings. The highest BCUT2D eigenvalue weighted by Crippen LogP contribution is 2.75. The molecule has 0 spiro atoms. The molecule has 2 bridgehead atoms. The molecule has 3 aromatic carbocycles. The molecule has 1 saturated heterocycles. The Morgan fingerprint density at radius 2 is 1.28 bits per heavy atom. The molecular formula is C31H26ClNO3. The lowest BCUT2D eigenvalue weighted by molar-refractivity contribution is -0.134.